The van der Waals surface area contributed by atoms with Gasteiger partial charge in [0.15, 0.2) is 5.69 Å². The van der Waals surface area contributed by atoms with Crippen LogP contribution in [0.2, 0.25) is 0 Å². The average Bonchev–Trinajstić information content (AvgIpc) is 2.97. The van der Waals surface area contributed by atoms with Crippen molar-refractivity contribution in [3.05, 3.63) is 11.4 Å². The Morgan fingerprint density at radius 3 is 2.62 bits per heavy atom. The molecule has 8 heteroatoms. The molecule has 2 aliphatic heterocycles. The standard InChI is InChI=1S/C13H18N4O4/c1-12(2,3)21-11(20)17-6-7-4-13(17,5-7)9-8(10(18)19)14-16-15-9/h7H,4-6H2,1-3H3,(H,18,19)(H,14,15,16). The third kappa shape index (κ3) is 2.05. The fraction of sp³-hybridized carbons (Fsp3) is 0.692. The van der Waals surface area contributed by atoms with Gasteiger partial charge in [-0.25, -0.2) is 9.59 Å². The summed E-state index contributed by atoms with van der Waals surface area (Å²) in [5.74, 6) is -0.775. The van der Waals surface area contributed by atoms with E-state index >= 15 is 0 Å². The van der Waals surface area contributed by atoms with Gasteiger partial charge in [0.05, 0.1) is 5.54 Å². The Morgan fingerprint density at radius 2 is 2.05 bits per heavy atom. The average molecular weight is 294 g/mol. The van der Waals surface area contributed by atoms with E-state index < -0.39 is 23.2 Å². The SMILES string of the molecule is CC(C)(C)OC(=O)N1CC2CC1(c1n[nH]nc1C(=O)O)C2. The molecule has 3 fully saturated rings. The Balaban J connectivity index is 1.92. The molecule has 0 aromatic carbocycles. The summed E-state index contributed by atoms with van der Waals surface area (Å²) < 4.78 is 5.42. The van der Waals surface area contributed by atoms with E-state index in [-0.39, 0.29) is 5.69 Å². The van der Waals surface area contributed by atoms with Gasteiger partial charge in [0.25, 0.3) is 0 Å². The van der Waals surface area contributed by atoms with Crippen molar-refractivity contribution in [1.29, 1.82) is 0 Å². The number of rotatable bonds is 2. The zero-order valence-electron chi connectivity index (χ0n) is 12.2. The lowest BCUT2D eigenvalue weighted by atomic mass is 9.71. The smallest absolute Gasteiger partial charge is 0.411 e. The molecule has 2 saturated heterocycles. The second kappa shape index (κ2) is 4.19. The molecule has 2 bridgehead atoms. The monoisotopic (exact) mass is 294 g/mol. The van der Waals surface area contributed by atoms with Gasteiger partial charge in [-0.15, -0.1) is 5.10 Å². The molecular formula is C13H18N4O4. The Kier molecular flexibility index (Phi) is 2.76. The molecule has 1 amide bonds. The van der Waals surface area contributed by atoms with Crippen molar-refractivity contribution in [1.82, 2.24) is 20.3 Å². The van der Waals surface area contributed by atoms with Crippen molar-refractivity contribution in [3.8, 4) is 0 Å². The van der Waals surface area contributed by atoms with E-state index in [4.69, 9.17) is 4.74 Å². The van der Waals surface area contributed by atoms with E-state index in [1.165, 1.54) is 0 Å². The minimum atomic E-state index is -1.15. The summed E-state index contributed by atoms with van der Waals surface area (Å²) >= 11 is 0. The Bertz CT molecular complexity index is 598. The van der Waals surface area contributed by atoms with Gasteiger partial charge in [-0.2, -0.15) is 10.3 Å². The highest BCUT2D eigenvalue weighted by Crippen LogP contribution is 2.57. The molecule has 8 nitrogen and oxygen atoms in total. The number of hydrogen-bond donors (Lipinski definition) is 2. The molecule has 0 radical (unpaired) electrons. The van der Waals surface area contributed by atoms with Crippen LogP contribution in [0.3, 0.4) is 0 Å². The summed E-state index contributed by atoms with van der Waals surface area (Å²) in [5.41, 5.74) is -1.07. The normalized spacial score (nSPS) is 27.4. The number of aromatic amines is 1. The molecule has 2 N–H and O–H groups in total. The molecule has 1 aromatic rings. The highest BCUT2D eigenvalue weighted by atomic mass is 16.6. The van der Waals surface area contributed by atoms with Gasteiger partial charge in [-0.05, 0) is 39.5 Å². The third-order valence-corrected chi connectivity index (χ3v) is 4.02. The first-order valence-corrected chi connectivity index (χ1v) is 6.88. The first kappa shape index (κ1) is 13.8. The van der Waals surface area contributed by atoms with E-state index in [0.717, 1.165) is 0 Å². The van der Waals surface area contributed by atoms with E-state index in [2.05, 4.69) is 15.4 Å². The van der Waals surface area contributed by atoms with Crippen LogP contribution in [0.4, 0.5) is 4.79 Å². The predicted octanol–water partition coefficient (Wildman–Crippen LogP) is 1.36. The summed E-state index contributed by atoms with van der Waals surface area (Å²) in [6.07, 6.45) is 0.986. The number of H-pyrrole nitrogens is 1. The van der Waals surface area contributed by atoms with Gasteiger partial charge in [0.2, 0.25) is 0 Å². The van der Waals surface area contributed by atoms with Crippen LogP contribution in [0.1, 0.15) is 49.8 Å². The molecule has 3 aliphatic rings. The van der Waals surface area contributed by atoms with Crippen LogP contribution in [0.15, 0.2) is 0 Å². The third-order valence-electron chi connectivity index (χ3n) is 4.02. The Morgan fingerprint density at radius 1 is 1.38 bits per heavy atom. The van der Waals surface area contributed by atoms with Gasteiger partial charge < -0.3 is 9.84 Å². The Hall–Kier alpha value is -2.12. The number of carboxylic acid groups (broad SMARTS) is 1. The lowest BCUT2D eigenvalue weighted by Gasteiger charge is -2.40. The number of hydrogen-bond acceptors (Lipinski definition) is 5. The number of nitrogens with zero attached hydrogens (tertiary/aromatic N) is 3. The first-order chi connectivity index (χ1) is 9.73. The number of ether oxygens (including phenoxy) is 1. The van der Waals surface area contributed by atoms with E-state index in [9.17, 15) is 14.7 Å². The maximum Gasteiger partial charge on any atom is 0.411 e. The van der Waals surface area contributed by atoms with Crippen molar-refractivity contribution in [2.24, 2.45) is 5.92 Å². The quantitative estimate of drug-likeness (QED) is 0.852. The topological polar surface area (TPSA) is 108 Å². The summed E-state index contributed by atoms with van der Waals surface area (Å²) in [6, 6.07) is 0. The van der Waals surface area contributed by atoms with Gasteiger partial charge in [-0.1, -0.05) is 0 Å². The molecule has 0 unspecified atom stereocenters. The van der Waals surface area contributed by atoms with Crippen LogP contribution in [0.25, 0.3) is 0 Å². The number of aromatic carboxylic acids is 1. The molecule has 4 rings (SSSR count). The number of amides is 1. The molecule has 1 aliphatic carbocycles. The number of fused-ring (bicyclic) bond motifs is 1. The second-order valence-corrected chi connectivity index (χ2v) is 6.72. The number of nitrogens with one attached hydrogen (secondary N) is 1. The van der Waals surface area contributed by atoms with Gasteiger partial charge in [-0.3, -0.25) is 4.90 Å². The molecule has 3 heterocycles. The van der Waals surface area contributed by atoms with Gasteiger partial charge >= 0.3 is 12.1 Å². The molecule has 21 heavy (non-hydrogen) atoms. The minimum Gasteiger partial charge on any atom is -0.476 e. The molecule has 114 valence electrons. The van der Waals surface area contributed by atoms with Crippen molar-refractivity contribution in [2.45, 2.75) is 44.8 Å². The summed E-state index contributed by atoms with van der Waals surface area (Å²) in [5, 5.41) is 19.2. The maximum absolute atomic E-state index is 12.4. The Labute approximate surface area is 121 Å². The van der Waals surface area contributed by atoms with E-state index in [1.807, 2.05) is 0 Å². The molecule has 1 aromatic heterocycles. The lowest BCUT2D eigenvalue weighted by Crippen LogP contribution is -2.48. The van der Waals surface area contributed by atoms with Crippen LogP contribution in [-0.2, 0) is 10.3 Å². The second-order valence-electron chi connectivity index (χ2n) is 6.72. The molecular weight excluding hydrogens is 276 g/mol. The fourth-order valence-electron chi connectivity index (χ4n) is 3.27. The molecule has 1 saturated carbocycles. The predicted molar refractivity (Wildman–Crippen MR) is 70.7 cm³/mol. The largest absolute Gasteiger partial charge is 0.476 e. The highest BCUT2D eigenvalue weighted by Gasteiger charge is 2.62. The van der Waals surface area contributed by atoms with Crippen LogP contribution in [-0.4, -0.2) is 49.6 Å². The maximum atomic E-state index is 12.4. The lowest BCUT2D eigenvalue weighted by molar-refractivity contribution is 0.00432. The number of carbonyl (C=O) groups is 2. The van der Waals surface area contributed by atoms with Crippen LogP contribution in [0, 0.1) is 5.92 Å². The van der Waals surface area contributed by atoms with E-state index in [0.29, 0.717) is 31.0 Å². The number of carboxylic acids is 1. The highest BCUT2D eigenvalue weighted by molar-refractivity contribution is 5.87. The van der Waals surface area contributed by atoms with Gasteiger partial charge in [0, 0.05) is 6.54 Å². The van der Waals surface area contributed by atoms with Crippen molar-refractivity contribution in [2.75, 3.05) is 6.54 Å². The number of aromatic nitrogens is 3. The van der Waals surface area contributed by atoms with Crippen molar-refractivity contribution >= 4 is 12.1 Å². The van der Waals surface area contributed by atoms with Crippen molar-refractivity contribution < 1.29 is 19.4 Å². The first-order valence-electron chi connectivity index (χ1n) is 6.88. The zero-order valence-corrected chi connectivity index (χ0v) is 12.2. The zero-order chi connectivity index (χ0) is 15.4. The summed E-state index contributed by atoms with van der Waals surface area (Å²) in [4.78, 5) is 25.2. The van der Waals surface area contributed by atoms with Gasteiger partial charge in [0.1, 0.15) is 11.3 Å². The fourth-order valence-corrected chi connectivity index (χ4v) is 3.27. The number of carbonyl (C=O) groups excluding carboxylic acids is 1. The summed E-state index contributed by atoms with van der Waals surface area (Å²) in [6.45, 7) is 5.98. The summed E-state index contributed by atoms with van der Waals surface area (Å²) in [7, 11) is 0. The molecule has 0 atom stereocenters. The minimum absolute atomic E-state index is 0.121. The molecule has 0 spiro atoms. The van der Waals surface area contributed by atoms with Crippen molar-refractivity contribution in [3.63, 3.8) is 0 Å². The van der Waals surface area contributed by atoms with Crippen LogP contribution >= 0.6 is 0 Å². The van der Waals surface area contributed by atoms with Crippen LogP contribution in [0.5, 0.6) is 0 Å². The van der Waals surface area contributed by atoms with Crippen LogP contribution < -0.4 is 0 Å². The van der Waals surface area contributed by atoms with E-state index in [1.54, 1.807) is 25.7 Å².